The minimum Gasteiger partial charge on any atom is -0.383 e. The lowest BCUT2D eigenvalue weighted by molar-refractivity contribution is -0.134. The predicted octanol–water partition coefficient (Wildman–Crippen LogP) is 1.06. The van der Waals surface area contributed by atoms with E-state index in [1.807, 2.05) is 11.8 Å². The van der Waals surface area contributed by atoms with Crippen LogP contribution in [0.3, 0.4) is 0 Å². The van der Waals surface area contributed by atoms with Gasteiger partial charge in [0.05, 0.1) is 6.61 Å². The van der Waals surface area contributed by atoms with Gasteiger partial charge in [0.1, 0.15) is 0 Å². The number of hydrogen-bond acceptors (Lipinski definition) is 2. The first-order valence-electron chi connectivity index (χ1n) is 4.68. The predicted molar refractivity (Wildman–Crippen MR) is 51.4 cm³/mol. The first-order chi connectivity index (χ1) is 6.25. The van der Waals surface area contributed by atoms with E-state index in [0.717, 1.165) is 13.0 Å². The van der Waals surface area contributed by atoms with Crippen LogP contribution in [0.15, 0.2) is 12.2 Å². The molecule has 1 heterocycles. The van der Waals surface area contributed by atoms with E-state index in [1.165, 1.54) is 0 Å². The van der Waals surface area contributed by atoms with E-state index < -0.39 is 0 Å². The van der Waals surface area contributed by atoms with E-state index in [4.69, 9.17) is 4.74 Å². The molecule has 1 rings (SSSR count). The van der Waals surface area contributed by atoms with Gasteiger partial charge in [-0.3, -0.25) is 4.79 Å². The first kappa shape index (κ1) is 10.3. The van der Waals surface area contributed by atoms with Crippen molar-refractivity contribution in [1.29, 1.82) is 0 Å². The molecule has 0 aromatic rings. The van der Waals surface area contributed by atoms with Crippen LogP contribution in [0.5, 0.6) is 0 Å². The summed E-state index contributed by atoms with van der Waals surface area (Å²) in [6.45, 7) is 4.01. The number of allylic oxidation sites excluding steroid dienone is 1. The molecule has 0 aromatic carbocycles. The summed E-state index contributed by atoms with van der Waals surface area (Å²) in [5, 5.41) is 0. The molecule has 0 aliphatic carbocycles. The third-order valence-electron chi connectivity index (χ3n) is 2.28. The third kappa shape index (κ3) is 2.84. The van der Waals surface area contributed by atoms with E-state index in [9.17, 15) is 4.79 Å². The quantitative estimate of drug-likeness (QED) is 0.612. The average molecular weight is 183 g/mol. The molecule has 0 saturated heterocycles. The van der Waals surface area contributed by atoms with Gasteiger partial charge in [0, 0.05) is 26.1 Å². The van der Waals surface area contributed by atoms with Crippen molar-refractivity contribution in [3.05, 3.63) is 12.2 Å². The third-order valence-corrected chi connectivity index (χ3v) is 2.28. The van der Waals surface area contributed by atoms with Crippen molar-refractivity contribution in [3.63, 3.8) is 0 Å². The van der Waals surface area contributed by atoms with E-state index in [2.05, 4.69) is 12.2 Å². The molecule has 1 unspecified atom stereocenters. The molecule has 0 radical (unpaired) electrons. The Balaban J connectivity index is 2.50. The fraction of sp³-hybridized carbons (Fsp3) is 0.700. The Labute approximate surface area is 79.4 Å². The number of methoxy groups -OCH3 is 1. The van der Waals surface area contributed by atoms with Crippen molar-refractivity contribution in [3.8, 4) is 0 Å². The van der Waals surface area contributed by atoms with E-state index in [1.54, 1.807) is 7.11 Å². The smallest absolute Gasteiger partial charge is 0.226 e. The number of hydrogen-bond donors (Lipinski definition) is 0. The highest BCUT2D eigenvalue weighted by atomic mass is 16.5. The maximum Gasteiger partial charge on any atom is 0.226 e. The molecule has 3 nitrogen and oxygen atoms in total. The van der Waals surface area contributed by atoms with Crippen molar-refractivity contribution in [2.24, 2.45) is 5.92 Å². The summed E-state index contributed by atoms with van der Waals surface area (Å²) >= 11 is 0. The van der Waals surface area contributed by atoms with Crippen molar-refractivity contribution in [1.82, 2.24) is 4.90 Å². The molecular formula is C10H17NO2. The van der Waals surface area contributed by atoms with Crippen molar-refractivity contribution < 1.29 is 9.53 Å². The molecule has 0 spiro atoms. The molecule has 1 aliphatic rings. The summed E-state index contributed by atoms with van der Waals surface area (Å²) in [4.78, 5) is 13.5. The maximum atomic E-state index is 11.7. The van der Waals surface area contributed by atoms with Gasteiger partial charge in [-0.05, 0) is 6.42 Å². The van der Waals surface area contributed by atoms with Crippen molar-refractivity contribution in [2.75, 3.05) is 26.8 Å². The summed E-state index contributed by atoms with van der Waals surface area (Å²) in [5.41, 5.74) is 0. The number of carbonyl (C=O) groups excluding carboxylic acids is 1. The van der Waals surface area contributed by atoms with Crippen LogP contribution in [0.2, 0.25) is 0 Å². The van der Waals surface area contributed by atoms with Crippen LogP contribution in [0, 0.1) is 5.92 Å². The highest BCUT2D eigenvalue weighted by Crippen LogP contribution is 2.11. The molecule has 1 aliphatic heterocycles. The molecule has 13 heavy (non-hydrogen) atoms. The van der Waals surface area contributed by atoms with Gasteiger partial charge in [-0.2, -0.15) is 0 Å². The second-order valence-electron chi connectivity index (χ2n) is 3.39. The number of nitrogens with zero attached hydrogens (tertiary/aromatic N) is 1. The average Bonchev–Trinajstić information content (AvgIpc) is 2.28. The van der Waals surface area contributed by atoms with Crippen LogP contribution < -0.4 is 0 Å². The highest BCUT2D eigenvalue weighted by molar-refractivity contribution is 5.79. The molecule has 0 aromatic heterocycles. The molecular weight excluding hydrogens is 166 g/mol. The highest BCUT2D eigenvalue weighted by Gasteiger charge is 2.20. The van der Waals surface area contributed by atoms with Gasteiger partial charge in [-0.25, -0.2) is 0 Å². The molecule has 0 bridgehead atoms. The van der Waals surface area contributed by atoms with Crippen LogP contribution in [-0.4, -0.2) is 37.6 Å². The summed E-state index contributed by atoms with van der Waals surface area (Å²) in [6, 6.07) is 0. The molecule has 3 heteroatoms. The largest absolute Gasteiger partial charge is 0.383 e. The van der Waals surface area contributed by atoms with Crippen LogP contribution >= 0.6 is 0 Å². The number of rotatable bonds is 3. The van der Waals surface area contributed by atoms with Crippen LogP contribution in [0.4, 0.5) is 0 Å². The molecule has 0 N–H and O–H groups in total. The van der Waals surface area contributed by atoms with Gasteiger partial charge >= 0.3 is 0 Å². The Hall–Kier alpha value is -0.830. The number of carbonyl (C=O) groups is 1. The second-order valence-corrected chi connectivity index (χ2v) is 3.39. The van der Waals surface area contributed by atoms with Gasteiger partial charge in [0.15, 0.2) is 0 Å². The molecule has 0 saturated carbocycles. The van der Waals surface area contributed by atoms with Crippen molar-refractivity contribution >= 4 is 5.91 Å². The van der Waals surface area contributed by atoms with Gasteiger partial charge in [-0.15, -0.1) is 0 Å². The van der Waals surface area contributed by atoms with E-state index >= 15 is 0 Å². The molecule has 1 atom stereocenters. The van der Waals surface area contributed by atoms with E-state index in [0.29, 0.717) is 13.2 Å². The topological polar surface area (TPSA) is 29.5 Å². The lowest BCUT2D eigenvalue weighted by Crippen LogP contribution is -2.36. The monoisotopic (exact) mass is 183 g/mol. The Kier molecular flexibility index (Phi) is 3.96. The van der Waals surface area contributed by atoms with Gasteiger partial charge in [0.25, 0.3) is 0 Å². The number of amides is 1. The van der Waals surface area contributed by atoms with Crippen LogP contribution in [0.25, 0.3) is 0 Å². The van der Waals surface area contributed by atoms with Gasteiger partial charge < -0.3 is 9.64 Å². The fourth-order valence-corrected chi connectivity index (χ4v) is 1.41. The fourth-order valence-electron chi connectivity index (χ4n) is 1.41. The van der Waals surface area contributed by atoms with Crippen LogP contribution in [0.1, 0.15) is 13.3 Å². The van der Waals surface area contributed by atoms with E-state index in [-0.39, 0.29) is 11.8 Å². The molecule has 0 fully saturated rings. The summed E-state index contributed by atoms with van der Waals surface area (Å²) in [5.74, 6) is 0.359. The minimum absolute atomic E-state index is 0.121. The Morgan fingerprint density at radius 3 is 3.08 bits per heavy atom. The Morgan fingerprint density at radius 1 is 1.62 bits per heavy atom. The normalized spacial score (nSPS) is 23.4. The number of ether oxygens (including phenoxy) is 1. The minimum atomic E-state index is 0.121. The standard InChI is InChI=1S/C10H17NO2/c1-9-5-3-4-6-11(10(9)12)7-8-13-2/h3-4,9H,5-8H2,1-2H3. The van der Waals surface area contributed by atoms with Gasteiger partial charge in [0.2, 0.25) is 5.91 Å². The first-order valence-corrected chi connectivity index (χ1v) is 4.68. The second kappa shape index (κ2) is 5.02. The summed E-state index contributed by atoms with van der Waals surface area (Å²) < 4.78 is 4.95. The Morgan fingerprint density at radius 2 is 2.38 bits per heavy atom. The van der Waals surface area contributed by atoms with Crippen LogP contribution in [-0.2, 0) is 9.53 Å². The Bertz CT molecular complexity index is 201. The zero-order chi connectivity index (χ0) is 9.68. The lowest BCUT2D eigenvalue weighted by atomic mass is 10.1. The zero-order valence-electron chi connectivity index (χ0n) is 8.32. The van der Waals surface area contributed by atoms with Crippen molar-refractivity contribution in [2.45, 2.75) is 13.3 Å². The SMILES string of the molecule is COCCN1CC=CCC(C)C1=O. The van der Waals surface area contributed by atoms with Gasteiger partial charge in [-0.1, -0.05) is 19.1 Å². The molecule has 1 amide bonds. The lowest BCUT2D eigenvalue weighted by Gasteiger charge is -2.21. The summed E-state index contributed by atoms with van der Waals surface area (Å²) in [7, 11) is 1.65. The maximum absolute atomic E-state index is 11.7. The zero-order valence-corrected chi connectivity index (χ0v) is 8.32. The summed E-state index contributed by atoms with van der Waals surface area (Å²) in [6.07, 6.45) is 4.99. The molecule has 74 valence electrons.